The Morgan fingerprint density at radius 3 is 2.55 bits per heavy atom. The molecule has 0 bridgehead atoms. The minimum Gasteiger partial charge on any atom is -0.335 e. The van der Waals surface area contributed by atoms with Crippen molar-refractivity contribution in [1.82, 2.24) is 14.3 Å². The van der Waals surface area contributed by atoms with Gasteiger partial charge in [0.2, 0.25) is 0 Å². The Labute approximate surface area is 122 Å². The first kappa shape index (κ1) is 13.6. The van der Waals surface area contributed by atoms with Crippen molar-refractivity contribution in [3.63, 3.8) is 0 Å². The highest BCUT2D eigenvalue weighted by atomic mass is 35.5. The van der Waals surface area contributed by atoms with Crippen molar-refractivity contribution in [2.75, 3.05) is 0 Å². The average molecular weight is 312 g/mol. The van der Waals surface area contributed by atoms with Gasteiger partial charge in [0.15, 0.2) is 5.03 Å². The number of sulfonamides is 1. The van der Waals surface area contributed by atoms with E-state index in [1.807, 2.05) is 12.1 Å². The summed E-state index contributed by atoms with van der Waals surface area (Å²) in [5.74, 6) is 0. The van der Waals surface area contributed by atoms with Gasteiger partial charge in [-0.05, 0) is 30.5 Å². The molecule has 1 aromatic heterocycles. The largest absolute Gasteiger partial charge is 0.335 e. The highest BCUT2D eigenvalue weighted by Crippen LogP contribution is 2.33. The van der Waals surface area contributed by atoms with Crippen LogP contribution in [-0.2, 0) is 16.6 Å². The third-order valence-corrected chi connectivity index (χ3v) is 5.34. The number of aromatic nitrogens is 2. The molecule has 20 heavy (non-hydrogen) atoms. The molecule has 0 aliphatic heterocycles. The Morgan fingerprint density at radius 2 is 2.00 bits per heavy atom. The molecule has 0 amide bonds. The normalized spacial score (nSPS) is 15.7. The van der Waals surface area contributed by atoms with E-state index < -0.39 is 10.0 Å². The highest BCUT2D eigenvalue weighted by molar-refractivity contribution is 7.89. The van der Waals surface area contributed by atoms with E-state index >= 15 is 0 Å². The number of imidazole rings is 1. The Bertz CT molecular complexity index is 679. The molecule has 1 aliphatic carbocycles. The first-order valence-electron chi connectivity index (χ1n) is 6.32. The molecule has 1 aliphatic rings. The van der Waals surface area contributed by atoms with Crippen molar-refractivity contribution in [2.24, 2.45) is 0 Å². The predicted octanol–water partition coefficient (Wildman–Crippen LogP) is 2.42. The summed E-state index contributed by atoms with van der Waals surface area (Å²) in [6.07, 6.45) is 4.52. The molecule has 1 saturated carbocycles. The van der Waals surface area contributed by atoms with Crippen molar-refractivity contribution in [2.45, 2.75) is 30.5 Å². The van der Waals surface area contributed by atoms with Gasteiger partial charge in [0, 0.05) is 17.6 Å². The summed E-state index contributed by atoms with van der Waals surface area (Å²) in [6.45, 7) is 0.350. The van der Waals surface area contributed by atoms with Gasteiger partial charge in [0.25, 0.3) is 10.0 Å². The lowest BCUT2D eigenvalue weighted by Gasteiger charge is -2.21. The third kappa shape index (κ3) is 2.72. The van der Waals surface area contributed by atoms with Crippen LogP contribution in [0.1, 0.15) is 18.4 Å². The summed E-state index contributed by atoms with van der Waals surface area (Å²) < 4.78 is 26.7. The quantitative estimate of drug-likeness (QED) is 0.922. The van der Waals surface area contributed by atoms with Crippen LogP contribution in [0, 0.1) is 0 Å². The van der Waals surface area contributed by atoms with E-state index in [2.05, 4.69) is 9.97 Å². The second-order valence-electron chi connectivity index (χ2n) is 4.82. The van der Waals surface area contributed by atoms with Gasteiger partial charge in [0.1, 0.15) is 0 Å². The van der Waals surface area contributed by atoms with Crippen molar-refractivity contribution in [3.05, 3.63) is 47.4 Å². The Hall–Kier alpha value is -1.37. The lowest BCUT2D eigenvalue weighted by molar-refractivity contribution is 0.397. The topological polar surface area (TPSA) is 66.1 Å². The van der Waals surface area contributed by atoms with E-state index in [4.69, 9.17) is 11.6 Å². The van der Waals surface area contributed by atoms with Crippen molar-refractivity contribution in [1.29, 1.82) is 0 Å². The van der Waals surface area contributed by atoms with Crippen molar-refractivity contribution < 1.29 is 8.42 Å². The molecule has 1 aromatic carbocycles. The molecule has 0 spiro atoms. The molecule has 0 radical (unpaired) electrons. The van der Waals surface area contributed by atoms with Crippen LogP contribution in [0.15, 0.2) is 41.8 Å². The van der Waals surface area contributed by atoms with Crippen molar-refractivity contribution >= 4 is 21.6 Å². The zero-order chi connectivity index (χ0) is 14.2. The van der Waals surface area contributed by atoms with Gasteiger partial charge in [0.05, 0.1) is 12.5 Å². The lowest BCUT2D eigenvalue weighted by atomic mass is 10.2. The van der Waals surface area contributed by atoms with Gasteiger partial charge in [-0.1, -0.05) is 23.7 Å². The number of benzene rings is 1. The molecule has 106 valence electrons. The number of halogens is 1. The summed E-state index contributed by atoms with van der Waals surface area (Å²) >= 11 is 5.85. The number of nitrogens with one attached hydrogen (secondary N) is 1. The number of hydrogen-bond donors (Lipinski definition) is 1. The van der Waals surface area contributed by atoms with Crippen LogP contribution < -0.4 is 0 Å². The van der Waals surface area contributed by atoms with E-state index in [9.17, 15) is 8.42 Å². The van der Waals surface area contributed by atoms with Gasteiger partial charge in [-0.2, -0.15) is 4.31 Å². The Kier molecular flexibility index (Phi) is 3.54. The van der Waals surface area contributed by atoms with Gasteiger partial charge in [-0.25, -0.2) is 13.4 Å². The van der Waals surface area contributed by atoms with E-state index in [0.29, 0.717) is 11.6 Å². The van der Waals surface area contributed by atoms with Gasteiger partial charge in [-0.15, -0.1) is 0 Å². The van der Waals surface area contributed by atoms with Crippen LogP contribution in [0.2, 0.25) is 5.02 Å². The summed E-state index contributed by atoms with van der Waals surface area (Å²) in [5.41, 5.74) is 0.921. The second-order valence-corrected chi connectivity index (χ2v) is 7.12. The molecule has 0 atom stereocenters. The lowest BCUT2D eigenvalue weighted by Crippen LogP contribution is -2.32. The van der Waals surface area contributed by atoms with Crippen LogP contribution in [-0.4, -0.2) is 28.7 Å². The molecule has 1 N–H and O–H groups in total. The van der Waals surface area contributed by atoms with Crippen LogP contribution in [0.25, 0.3) is 0 Å². The van der Waals surface area contributed by atoms with Crippen molar-refractivity contribution in [3.8, 4) is 0 Å². The second kappa shape index (κ2) is 5.20. The molecule has 5 nitrogen and oxygen atoms in total. The SMILES string of the molecule is O=S(=O)(c1cnc[nH]1)N(Cc1ccc(Cl)cc1)C1CC1. The average Bonchev–Trinajstić information content (AvgIpc) is 3.09. The molecule has 2 aromatic rings. The van der Waals surface area contributed by atoms with Crippen LogP contribution >= 0.6 is 11.6 Å². The van der Waals surface area contributed by atoms with E-state index in [1.165, 1.54) is 16.8 Å². The number of H-pyrrole nitrogens is 1. The van der Waals surface area contributed by atoms with Gasteiger partial charge in [-0.3, -0.25) is 0 Å². The zero-order valence-electron chi connectivity index (χ0n) is 10.7. The number of rotatable bonds is 5. The molecule has 7 heteroatoms. The number of aromatic amines is 1. The maximum atomic E-state index is 12.6. The maximum absolute atomic E-state index is 12.6. The minimum absolute atomic E-state index is 0.0824. The fourth-order valence-corrected chi connectivity index (χ4v) is 3.75. The number of nitrogens with zero attached hydrogens (tertiary/aromatic N) is 2. The highest BCUT2D eigenvalue weighted by Gasteiger charge is 2.38. The van der Waals surface area contributed by atoms with Crippen LogP contribution in [0.5, 0.6) is 0 Å². The fraction of sp³-hybridized carbons (Fsp3) is 0.308. The molecule has 1 heterocycles. The van der Waals surface area contributed by atoms with E-state index in [-0.39, 0.29) is 11.1 Å². The molecular formula is C13H14ClN3O2S. The first-order chi connectivity index (χ1) is 9.57. The predicted molar refractivity (Wildman–Crippen MR) is 75.8 cm³/mol. The fourth-order valence-electron chi connectivity index (χ4n) is 2.05. The molecule has 0 saturated heterocycles. The molecular weight excluding hydrogens is 298 g/mol. The molecule has 0 unspecified atom stereocenters. The van der Waals surface area contributed by atoms with Crippen LogP contribution in [0.4, 0.5) is 0 Å². The summed E-state index contributed by atoms with van der Waals surface area (Å²) in [4.78, 5) is 6.46. The standard InChI is InChI=1S/C13H14ClN3O2S/c14-11-3-1-10(2-4-11)8-17(12-5-6-12)20(18,19)13-7-15-9-16-13/h1-4,7,9,12H,5-6,8H2,(H,15,16). The summed E-state index contributed by atoms with van der Waals surface area (Å²) in [7, 11) is -3.52. The van der Waals surface area contributed by atoms with E-state index in [1.54, 1.807) is 12.1 Å². The minimum atomic E-state index is -3.52. The third-order valence-electron chi connectivity index (χ3n) is 3.27. The zero-order valence-corrected chi connectivity index (χ0v) is 12.2. The first-order valence-corrected chi connectivity index (χ1v) is 8.14. The summed E-state index contributed by atoms with van der Waals surface area (Å²) in [6, 6.07) is 7.31. The van der Waals surface area contributed by atoms with Crippen LogP contribution in [0.3, 0.4) is 0 Å². The maximum Gasteiger partial charge on any atom is 0.260 e. The summed E-state index contributed by atoms with van der Waals surface area (Å²) in [5, 5.41) is 0.779. The Balaban J connectivity index is 1.88. The van der Waals surface area contributed by atoms with Gasteiger partial charge >= 0.3 is 0 Å². The van der Waals surface area contributed by atoms with E-state index in [0.717, 1.165) is 18.4 Å². The number of hydrogen-bond acceptors (Lipinski definition) is 3. The Morgan fingerprint density at radius 1 is 1.30 bits per heavy atom. The monoisotopic (exact) mass is 311 g/mol. The molecule has 3 rings (SSSR count). The molecule has 1 fully saturated rings. The van der Waals surface area contributed by atoms with Gasteiger partial charge < -0.3 is 4.98 Å². The smallest absolute Gasteiger partial charge is 0.260 e.